The summed E-state index contributed by atoms with van der Waals surface area (Å²) in [6, 6.07) is 9.39. The molecule has 7 heteroatoms. The monoisotopic (exact) mass is 376 g/mol. The molecule has 1 aromatic rings. The molecule has 2 amide bonds. The fourth-order valence-corrected chi connectivity index (χ4v) is 2.89. The number of nitrogens with one attached hydrogen (secondary N) is 2. The number of carbonyl (C=O) groups excluding carboxylic acids is 3. The van der Waals surface area contributed by atoms with Crippen LogP contribution in [0.3, 0.4) is 0 Å². The summed E-state index contributed by atoms with van der Waals surface area (Å²) >= 11 is 0. The van der Waals surface area contributed by atoms with Crippen molar-refractivity contribution in [3.05, 3.63) is 35.9 Å². The van der Waals surface area contributed by atoms with Crippen LogP contribution >= 0.6 is 0 Å². The number of β-lactam (4-membered cyclic amide) rings is 1. The minimum Gasteiger partial charge on any atom is -0.458 e. The van der Waals surface area contributed by atoms with Gasteiger partial charge in [0, 0.05) is 6.54 Å². The number of alkyl carbamates (subject to hydrolysis) is 1. The number of ether oxygens (including phenoxy) is 2. The molecule has 0 aliphatic carbocycles. The molecule has 1 unspecified atom stereocenters. The molecule has 0 bridgehead atoms. The Morgan fingerprint density at radius 3 is 2.44 bits per heavy atom. The molecule has 0 aromatic heterocycles. The Bertz CT molecular complexity index is 683. The van der Waals surface area contributed by atoms with Crippen molar-refractivity contribution in [3.8, 4) is 0 Å². The van der Waals surface area contributed by atoms with E-state index in [0.717, 1.165) is 5.56 Å². The first-order valence-corrected chi connectivity index (χ1v) is 9.14. The van der Waals surface area contributed by atoms with Crippen LogP contribution in [0.25, 0.3) is 0 Å². The van der Waals surface area contributed by atoms with Gasteiger partial charge in [-0.1, -0.05) is 37.3 Å². The predicted octanol–water partition coefficient (Wildman–Crippen LogP) is 2.54. The van der Waals surface area contributed by atoms with Gasteiger partial charge in [0.2, 0.25) is 5.91 Å². The third kappa shape index (κ3) is 5.45. The van der Waals surface area contributed by atoms with Crippen LogP contribution in [0.5, 0.6) is 0 Å². The molecule has 1 aromatic carbocycles. The number of hydrogen-bond acceptors (Lipinski definition) is 5. The van der Waals surface area contributed by atoms with Crippen molar-refractivity contribution in [1.29, 1.82) is 0 Å². The van der Waals surface area contributed by atoms with E-state index < -0.39 is 29.1 Å². The van der Waals surface area contributed by atoms with E-state index >= 15 is 0 Å². The van der Waals surface area contributed by atoms with Gasteiger partial charge in [-0.05, 0) is 39.2 Å². The summed E-state index contributed by atoms with van der Waals surface area (Å²) in [7, 11) is 0. The highest BCUT2D eigenvalue weighted by molar-refractivity contribution is 6.00. The fraction of sp³-hybridized carbons (Fsp3) is 0.550. The molecule has 1 aliphatic rings. The van der Waals surface area contributed by atoms with E-state index in [9.17, 15) is 14.4 Å². The van der Waals surface area contributed by atoms with Crippen LogP contribution in [-0.4, -0.2) is 35.7 Å². The molecule has 0 spiro atoms. The van der Waals surface area contributed by atoms with E-state index in [4.69, 9.17) is 9.47 Å². The van der Waals surface area contributed by atoms with Gasteiger partial charge >= 0.3 is 12.1 Å². The van der Waals surface area contributed by atoms with Crippen molar-refractivity contribution in [2.75, 3.05) is 6.54 Å². The van der Waals surface area contributed by atoms with Gasteiger partial charge < -0.3 is 20.1 Å². The van der Waals surface area contributed by atoms with Crippen molar-refractivity contribution in [1.82, 2.24) is 10.6 Å². The third-order valence-electron chi connectivity index (χ3n) is 4.47. The maximum Gasteiger partial charge on any atom is 0.407 e. The average Bonchev–Trinajstić information content (AvgIpc) is 2.61. The molecule has 7 nitrogen and oxygen atoms in total. The predicted molar refractivity (Wildman–Crippen MR) is 99.7 cm³/mol. The number of esters is 1. The van der Waals surface area contributed by atoms with Gasteiger partial charge in [-0.25, -0.2) is 9.59 Å². The minimum absolute atomic E-state index is 0.170. The zero-order chi connectivity index (χ0) is 20.1. The largest absolute Gasteiger partial charge is 0.458 e. The quantitative estimate of drug-likeness (QED) is 0.433. The van der Waals surface area contributed by atoms with Gasteiger partial charge in [0.25, 0.3) is 0 Å². The van der Waals surface area contributed by atoms with E-state index in [0.29, 0.717) is 19.4 Å². The molecule has 1 heterocycles. The topological polar surface area (TPSA) is 93.7 Å². The highest BCUT2D eigenvalue weighted by atomic mass is 16.6. The van der Waals surface area contributed by atoms with Crippen LogP contribution in [0.4, 0.5) is 4.79 Å². The lowest BCUT2D eigenvalue weighted by Gasteiger charge is -2.46. The Morgan fingerprint density at radius 1 is 1.22 bits per heavy atom. The minimum atomic E-state index is -1.03. The Morgan fingerprint density at radius 2 is 1.89 bits per heavy atom. The van der Waals surface area contributed by atoms with Gasteiger partial charge in [0.15, 0.2) is 0 Å². The second-order valence-electron chi connectivity index (χ2n) is 7.78. The number of benzene rings is 1. The molecule has 0 radical (unpaired) electrons. The first-order valence-electron chi connectivity index (χ1n) is 9.14. The molecule has 1 saturated heterocycles. The van der Waals surface area contributed by atoms with E-state index in [2.05, 4.69) is 10.6 Å². The van der Waals surface area contributed by atoms with Crippen LogP contribution in [-0.2, 0) is 25.7 Å². The molecule has 0 saturated carbocycles. The van der Waals surface area contributed by atoms with E-state index in [1.54, 1.807) is 27.7 Å². The molecular weight excluding hydrogens is 348 g/mol. The SMILES string of the molecule is CC1C(=O)N[C@]1(CCCNC(=O)OCc1ccccc1)C(=O)OC(C)(C)C. The Labute approximate surface area is 159 Å². The smallest absolute Gasteiger partial charge is 0.407 e. The van der Waals surface area contributed by atoms with Gasteiger partial charge in [0.05, 0.1) is 5.92 Å². The highest BCUT2D eigenvalue weighted by Crippen LogP contribution is 2.34. The highest BCUT2D eigenvalue weighted by Gasteiger charge is 2.57. The summed E-state index contributed by atoms with van der Waals surface area (Å²) in [5, 5.41) is 5.37. The Kier molecular flexibility index (Phi) is 6.46. The summed E-state index contributed by atoms with van der Waals surface area (Å²) < 4.78 is 10.6. The van der Waals surface area contributed by atoms with Crippen molar-refractivity contribution in [2.45, 2.75) is 58.3 Å². The maximum absolute atomic E-state index is 12.6. The molecule has 1 fully saturated rings. The summed E-state index contributed by atoms with van der Waals surface area (Å²) in [6.45, 7) is 7.60. The number of amides is 2. The molecule has 2 rings (SSSR count). The van der Waals surface area contributed by atoms with Gasteiger partial charge in [0.1, 0.15) is 17.7 Å². The lowest BCUT2D eigenvalue weighted by molar-refractivity contribution is -0.177. The molecule has 2 N–H and O–H groups in total. The maximum atomic E-state index is 12.6. The summed E-state index contributed by atoms with van der Waals surface area (Å²) in [5.74, 6) is -1.07. The van der Waals surface area contributed by atoms with Crippen molar-refractivity contribution in [2.24, 2.45) is 5.92 Å². The second kappa shape index (κ2) is 8.41. The normalized spacial score (nSPS) is 21.6. The zero-order valence-electron chi connectivity index (χ0n) is 16.3. The van der Waals surface area contributed by atoms with Gasteiger partial charge in [-0.3, -0.25) is 4.79 Å². The van der Waals surface area contributed by atoms with Crippen molar-refractivity contribution >= 4 is 18.0 Å². The van der Waals surface area contributed by atoms with Crippen LogP contribution in [0.1, 0.15) is 46.1 Å². The van der Waals surface area contributed by atoms with E-state index in [1.807, 2.05) is 30.3 Å². The Hall–Kier alpha value is -2.57. The lowest BCUT2D eigenvalue weighted by Crippen LogP contribution is -2.73. The second-order valence-corrected chi connectivity index (χ2v) is 7.78. The first kappa shape index (κ1) is 20.7. The first-order chi connectivity index (χ1) is 12.6. The molecule has 27 heavy (non-hydrogen) atoms. The van der Waals surface area contributed by atoms with Crippen molar-refractivity contribution < 1.29 is 23.9 Å². The lowest BCUT2D eigenvalue weighted by atomic mass is 9.73. The van der Waals surface area contributed by atoms with Crippen LogP contribution in [0.15, 0.2) is 30.3 Å². The van der Waals surface area contributed by atoms with Crippen LogP contribution in [0, 0.1) is 5.92 Å². The zero-order valence-corrected chi connectivity index (χ0v) is 16.3. The average molecular weight is 376 g/mol. The molecule has 2 atom stereocenters. The third-order valence-corrected chi connectivity index (χ3v) is 4.47. The Balaban J connectivity index is 1.78. The van der Waals surface area contributed by atoms with Gasteiger partial charge in [-0.2, -0.15) is 0 Å². The number of rotatable bonds is 7. The van der Waals surface area contributed by atoms with Crippen molar-refractivity contribution in [3.63, 3.8) is 0 Å². The number of hydrogen-bond donors (Lipinski definition) is 2. The summed E-state index contributed by atoms with van der Waals surface area (Å²) in [4.78, 5) is 36.0. The summed E-state index contributed by atoms with van der Waals surface area (Å²) in [6.07, 6.45) is 0.369. The van der Waals surface area contributed by atoms with E-state index in [1.165, 1.54) is 0 Å². The van der Waals surface area contributed by atoms with Gasteiger partial charge in [-0.15, -0.1) is 0 Å². The molecule has 1 aliphatic heterocycles. The fourth-order valence-electron chi connectivity index (χ4n) is 2.89. The molecular formula is C20H28N2O5. The van der Waals surface area contributed by atoms with Crippen LogP contribution in [0.2, 0.25) is 0 Å². The summed E-state index contributed by atoms with van der Waals surface area (Å²) in [5.41, 5.74) is -0.758. The van der Waals surface area contributed by atoms with E-state index in [-0.39, 0.29) is 12.5 Å². The number of carbonyl (C=O) groups is 3. The molecule has 148 valence electrons. The van der Waals surface area contributed by atoms with Crippen LogP contribution < -0.4 is 10.6 Å². The standard InChI is InChI=1S/C20H28N2O5/c1-14-16(23)22-20(14,17(24)27-19(2,3)4)11-8-12-21-18(25)26-13-15-9-6-5-7-10-15/h5-7,9-10,14H,8,11-13H2,1-4H3,(H,21,25)(H,22,23)/t14?,20-/m0/s1.